The van der Waals surface area contributed by atoms with Crippen LogP contribution in [-0.4, -0.2) is 26.9 Å². The van der Waals surface area contributed by atoms with Crippen molar-refractivity contribution in [3.63, 3.8) is 0 Å². The summed E-state index contributed by atoms with van der Waals surface area (Å²) in [6.45, 7) is 5.90. The zero-order chi connectivity index (χ0) is 19.3. The van der Waals surface area contributed by atoms with Crippen molar-refractivity contribution in [2.75, 3.05) is 26.9 Å². The average Bonchev–Trinajstić information content (AvgIpc) is 2.69. The van der Waals surface area contributed by atoms with Gasteiger partial charge in [0, 0.05) is 19.8 Å². The summed E-state index contributed by atoms with van der Waals surface area (Å²) in [5.41, 5.74) is 2.15. The van der Waals surface area contributed by atoms with Crippen molar-refractivity contribution in [2.45, 2.75) is 39.3 Å². The van der Waals surface area contributed by atoms with Crippen molar-refractivity contribution in [2.24, 2.45) is 0 Å². The van der Waals surface area contributed by atoms with E-state index in [0.717, 1.165) is 50.3 Å². The van der Waals surface area contributed by atoms with E-state index in [9.17, 15) is 0 Å². The van der Waals surface area contributed by atoms with Crippen LogP contribution in [0, 0.1) is 0 Å². The SMILES string of the molecule is CCCCOCCCNCc1cc(Cl)c(OCc2ccccc2)c(OC)c1. The summed E-state index contributed by atoms with van der Waals surface area (Å²) >= 11 is 6.44. The number of hydrogen-bond donors (Lipinski definition) is 1. The normalized spacial score (nSPS) is 10.8. The van der Waals surface area contributed by atoms with Crippen LogP contribution in [0.3, 0.4) is 0 Å². The number of methoxy groups -OCH3 is 1. The number of rotatable bonds is 13. The van der Waals surface area contributed by atoms with Crippen LogP contribution in [0.1, 0.15) is 37.3 Å². The van der Waals surface area contributed by atoms with Crippen LogP contribution in [0.5, 0.6) is 11.5 Å². The highest BCUT2D eigenvalue weighted by atomic mass is 35.5. The smallest absolute Gasteiger partial charge is 0.180 e. The Hall–Kier alpha value is -1.75. The van der Waals surface area contributed by atoms with Gasteiger partial charge in [0.1, 0.15) is 6.61 Å². The number of halogens is 1. The molecule has 1 N–H and O–H groups in total. The molecule has 27 heavy (non-hydrogen) atoms. The van der Waals surface area contributed by atoms with Gasteiger partial charge in [-0.1, -0.05) is 55.3 Å². The first-order valence-corrected chi connectivity index (χ1v) is 9.94. The van der Waals surface area contributed by atoms with Crippen molar-refractivity contribution in [3.8, 4) is 11.5 Å². The topological polar surface area (TPSA) is 39.7 Å². The largest absolute Gasteiger partial charge is 0.493 e. The van der Waals surface area contributed by atoms with Gasteiger partial charge in [0.25, 0.3) is 0 Å². The average molecular weight is 392 g/mol. The third-order valence-corrected chi connectivity index (χ3v) is 4.41. The summed E-state index contributed by atoms with van der Waals surface area (Å²) in [7, 11) is 1.63. The highest BCUT2D eigenvalue weighted by Crippen LogP contribution is 2.37. The molecule has 2 rings (SSSR count). The summed E-state index contributed by atoms with van der Waals surface area (Å²) < 4.78 is 16.9. The molecule has 0 aliphatic carbocycles. The van der Waals surface area contributed by atoms with E-state index in [1.165, 1.54) is 6.42 Å². The molecule has 0 aromatic heterocycles. The zero-order valence-electron chi connectivity index (χ0n) is 16.3. The Bertz CT molecular complexity index is 664. The lowest BCUT2D eigenvalue weighted by atomic mass is 10.2. The fourth-order valence-corrected chi connectivity index (χ4v) is 2.91. The van der Waals surface area contributed by atoms with Crippen LogP contribution in [0.25, 0.3) is 0 Å². The predicted molar refractivity (Wildman–Crippen MR) is 111 cm³/mol. The molecule has 0 fully saturated rings. The Balaban J connectivity index is 1.82. The molecular formula is C22H30ClNO3. The monoisotopic (exact) mass is 391 g/mol. The molecule has 0 aliphatic heterocycles. The first-order valence-electron chi connectivity index (χ1n) is 9.56. The fourth-order valence-electron chi connectivity index (χ4n) is 2.63. The molecule has 0 radical (unpaired) electrons. The summed E-state index contributed by atoms with van der Waals surface area (Å²) in [6.07, 6.45) is 3.29. The molecule has 0 unspecified atom stereocenters. The van der Waals surface area contributed by atoms with Gasteiger partial charge in [0.15, 0.2) is 11.5 Å². The molecule has 0 atom stereocenters. The van der Waals surface area contributed by atoms with E-state index in [1.54, 1.807) is 7.11 Å². The lowest BCUT2D eigenvalue weighted by Crippen LogP contribution is -2.16. The second-order valence-corrected chi connectivity index (χ2v) is 6.79. The molecule has 4 nitrogen and oxygen atoms in total. The maximum Gasteiger partial charge on any atom is 0.180 e. The first-order chi connectivity index (χ1) is 13.2. The van der Waals surface area contributed by atoms with Crippen molar-refractivity contribution in [1.82, 2.24) is 5.32 Å². The van der Waals surface area contributed by atoms with Crippen LogP contribution >= 0.6 is 11.6 Å². The highest BCUT2D eigenvalue weighted by Gasteiger charge is 2.12. The Labute approximate surface area is 167 Å². The number of hydrogen-bond acceptors (Lipinski definition) is 4. The minimum Gasteiger partial charge on any atom is -0.493 e. The number of unbranched alkanes of at least 4 members (excludes halogenated alkanes) is 1. The summed E-state index contributed by atoms with van der Waals surface area (Å²) in [4.78, 5) is 0. The van der Waals surface area contributed by atoms with Gasteiger partial charge >= 0.3 is 0 Å². The van der Waals surface area contributed by atoms with Gasteiger partial charge in [-0.3, -0.25) is 0 Å². The third-order valence-electron chi connectivity index (χ3n) is 4.13. The maximum absolute atomic E-state index is 6.44. The van der Waals surface area contributed by atoms with E-state index in [4.69, 9.17) is 25.8 Å². The van der Waals surface area contributed by atoms with E-state index < -0.39 is 0 Å². The molecule has 0 heterocycles. The van der Waals surface area contributed by atoms with E-state index in [0.29, 0.717) is 23.1 Å². The second kappa shape index (κ2) is 12.6. The van der Waals surface area contributed by atoms with Gasteiger partial charge < -0.3 is 19.5 Å². The summed E-state index contributed by atoms with van der Waals surface area (Å²) in [6, 6.07) is 13.9. The van der Waals surface area contributed by atoms with Crippen LogP contribution in [0.4, 0.5) is 0 Å². The Morgan fingerprint density at radius 1 is 1.00 bits per heavy atom. The number of benzene rings is 2. The summed E-state index contributed by atoms with van der Waals surface area (Å²) in [5, 5.41) is 3.97. The first kappa shape index (κ1) is 21.5. The van der Waals surface area contributed by atoms with E-state index in [-0.39, 0.29) is 0 Å². The van der Waals surface area contributed by atoms with Gasteiger partial charge in [-0.15, -0.1) is 0 Å². The van der Waals surface area contributed by atoms with Crippen LogP contribution in [0.15, 0.2) is 42.5 Å². The Morgan fingerprint density at radius 2 is 1.78 bits per heavy atom. The van der Waals surface area contributed by atoms with Gasteiger partial charge in [0.05, 0.1) is 12.1 Å². The van der Waals surface area contributed by atoms with Gasteiger partial charge in [-0.25, -0.2) is 0 Å². The lowest BCUT2D eigenvalue weighted by molar-refractivity contribution is 0.129. The zero-order valence-corrected chi connectivity index (χ0v) is 17.1. The van der Waals surface area contributed by atoms with Gasteiger partial charge in [-0.2, -0.15) is 0 Å². The van der Waals surface area contributed by atoms with E-state index in [2.05, 4.69) is 12.2 Å². The molecule has 0 bridgehead atoms. The molecule has 5 heteroatoms. The van der Waals surface area contributed by atoms with Crippen molar-refractivity contribution in [3.05, 3.63) is 58.6 Å². The van der Waals surface area contributed by atoms with Crippen LogP contribution in [-0.2, 0) is 17.9 Å². The fraction of sp³-hybridized carbons (Fsp3) is 0.455. The molecular weight excluding hydrogens is 362 g/mol. The number of ether oxygens (including phenoxy) is 3. The molecule has 0 saturated carbocycles. The van der Waals surface area contributed by atoms with Crippen molar-refractivity contribution >= 4 is 11.6 Å². The van der Waals surface area contributed by atoms with Crippen LogP contribution < -0.4 is 14.8 Å². The Kier molecular flexibility index (Phi) is 10.1. The molecule has 0 saturated heterocycles. The van der Waals surface area contributed by atoms with E-state index >= 15 is 0 Å². The Morgan fingerprint density at radius 3 is 2.52 bits per heavy atom. The van der Waals surface area contributed by atoms with Gasteiger partial charge in [0.2, 0.25) is 0 Å². The van der Waals surface area contributed by atoms with E-state index in [1.807, 2.05) is 42.5 Å². The van der Waals surface area contributed by atoms with Gasteiger partial charge in [-0.05, 0) is 42.6 Å². The lowest BCUT2D eigenvalue weighted by Gasteiger charge is -2.15. The van der Waals surface area contributed by atoms with Crippen LogP contribution in [0.2, 0.25) is 5.02 Å². The maximum atomic E-state index is 6.44. The predicted octanol–water partition coefficient (Wildman–Crippen LogP) is 5.22. The van der Waals surface area contributed by atoms with Crippen molar-refractivity contribution in [1.29, 1.82) is 0 Å². The minimum absolute atomic E-state index is 0.451. The second-order valence-electron chi connectivity index (χ2n) is 6.38. The summed E-state index contributed by atoms with van der Waals surface area (Å²) in [5.74, 6) is 1.23. The highest BCUT2D eigenvalue weighted by molar-refractivity contribution is 6.32. The van der Waals surface area contributed by atoms with Crippen molar-refractivity contribution < 1.29 is 14.2 Å². The molecule has 2 aromatic carbocycles. The standard InChI is InChI=1S/C22H30ClNO3/c1-3-4-12-26-13-8-11-24-16-19-14-20(23)22(21(15-19)25-2)27-17-18-9-6-5-7-10-18/h5-7,9-10,14-15,24H,3-4,8,11-13,16-17H2,1-2H3. The molecule has 0 aliphatic rings. The molecule has 148 valence electrons. The number of nitrogens with one attached hydrogen (secondary N) is 1. The molecule has 2 aromatic rings. The molecule has 0 spiro atoms. The minimum atomic E-state index is 0.451. The quantitative estimate of drug-likeness (QED) is 0.475. The molecule has 0 amide bonds. The third kappa shape index (κ3) is 7.79.